The van der Waals surface area contributed by atoms with E-state index in [0.29, 0.717) is 18.5 Å². The van der Waals surface area contributed by atoms with Gasteiger partial charge in [-0.25, -0.2) is 12.8 Å². The Labute approximate surface area is 192 Å². The zero-order valence-corrected chi connectivity index (χ0v) is 18.8. The quantitative estimate of drug-likeness (QED) is 0.682. The van der Waals surface area contributed by atoms with Crippen LogP contribution in [0.25, 0.3) is 0 Å². The number of sulfonamides is 1. The standard InChI is InChI=1S/C23H27FN2O6S/c24-16-5-4-8-20(11-16)33(29,30)26-13-18(27)14-31-15-22-21(26)10-9-19(32-22)12-23(28)25-17-6-2-1-3-7-17/h1-8,11,18-19,21-22,27H,9-10,12-15H2,(H,25,28)/t18-,19-,21-,22+/m1/s1. The molecule has 10 heteroatoms. The van der Waals surface area contributed by atoms with Gasteiger partial charge in [-0.3, -0.25) is 4.79 Å². The molecule has 1 amide bonds. The van der Waals surface area contributed by atoms with E-state index in [-0.39, 0.29) is 37.0 Å². The van der Waals surface area contributed by atoms with E-state index in [1.807, 2.05) is 18.2 Å². The van der Waals surface area contributed by atoms with Crippen LogP contribution >= 0.6 is 0 Å². The number of carbonyl (C=O) groups excluding carboxylic acids is 1. The number of nitrogens with one attached hydrogen (secondary N) is 1. The third-order valence-electron chi connectivity index (χ3n) is 5.81. The highest BCUT2D eigenvalue weighted by atomic mass is 32.2. The molecule has 2 N–H and O–H groups in total. The monoisotopic (exact) mass is 478 g/mol. The molecule has 0 bridgehead atoms. The molecule has 2 aliphatic rings. The Bertz CT molecular complexity index is 1070. The molecule has 2 fully saturated rings. The highest BCUT2D eigenvalue weighted by Gasteiger charge is 2.43. The van der Waals surface area contributed by atoms with E-state index in [0.717, 1.165) is 6.07 Å². The molecule has 2 aromatic rings. The maximum absolute atomic E-state index is 13.7. The number of amides is 1. The van der Waals surface area contributed by atoms with Crippen LogP contribution in [0.2, 0.25) is 0 Å². The third-order valence-corrected chi connectivity index (χ3v) is 7.69. The number of aliphatic hydroxyl groups excluding tert-OH is 1. The Kier molecular flexibility index (Phi) is 7.40. The highest BCUT2D eigenvalue weighted by Crippen LogP contribution is 2.31. The first-order chi connectivity index (χ1) is 15.8. The Balaban J connectivity index is 1.49. The minimum atomic E-state index is -4.09. The number of hydrogen-bond acceptors (Lipinski definition) is 6. The number of nitrogens with zero attached hydrogens (tertiary/aromatic N) is 1. The minimum absolute atomic E-state index is 0.0547. The molecule has 0 saturated carbocycles. The zero-order chi connectivity index (χ0) is 23.4. The molecule has 0 unspecified atom stereocenters. The number of benzene rings is 2. The van der Waals surface area contributed by atoms with Crippen molar-refractivity contribution in [2.24, 2.45) is 0 Å². The third kappa shape index (κ3) is 5.77. The lowest BCUT2D eigenvalue weighted by molar-refractivity contribution is -0.144. The summed E-state index contributed by atoms with van der Waals surface area (Å²) in [6, 6.07) is 13.3. The number of fused-ring (bicyclic) bond motifs is 1. The molecular formula is C23H27FN2O6S. The van der Waals surface area contributed by atoms with Gasteiger partial charge in [-0.15, -0.1) is 0 Å². The average Bonchev–Trinajstić information content (AvgIpc) is 2.77. The summed E-state index contributed by atoms with van der Waals surface area (Å²) in [5.41, 5.74) is 0.687. The second-order valence-electron chi connectivity index (χ2n) is 8.28. The van der Waals surface area contributed by atoms with Crippen LogP contribution < -0.4 is 5.32 Å². The van der Waals surface area contributed by atoms with Crippen LogP contribution in [0.15, 0.2) is 59.5 Å². The van der Waals surface area contributed by atoms with Gasteiger partial charge < -0.3 is 19.9 Å². The molecule has 2 heterocycles. The topological polar surface area (TPSA) is 105 Å². The second kappa shape index (κ2) is 10.3. The molecule has 0 radical (unpaired) electrons. The summed E-state index contributed by atoms with van der Waals surface area (Å²) in [4.78, 5) is 12.3. The number of ether oxygens (including phenoxy) is 2. The predicted octanol–water partition coefficient (Wildman–Crippen LogP) is 2.15. The Morgan fingerprint density at radius 3 is 2.67 bits per heavy atom. The van der Waals surface area contributed by atoms with Gasteiger partial charge >= 0.3 is 0 Å². The van der Waals surface area contributed by atoms with Gasteiger partial charge in [0.25, 0.3) is 0 Å². The van der Waals surface area contributed by atoms with E-state index < -0.39 is 40.2 Å². The van der Waals surface area contributed by atoms with Crippen molar-refractivity contribution >= 4 is 21.6 Å². The number of aliphatic hydroxyl groups is 1. The van der Waals surface area contributed by atoms with Gasteiger partial charge in [0.15, 0.2) is 0 Å². The van der Waals surface area contributed by atoms with Crippen molar-refractivity contribution in [2.45, 2.75) is 48.5 Å². The van der Waals surface area contributed by atoms with Crippen molar-refractivity contribution in [3.8, 4) is 0 Å². The van der Waals surface area contributed by atoms with Crippen LogP contribution in [0.4, 0.5) is 10.1 Å². The van der Waals surface area contributed by atoms with Gasteiger partial charge in [0.2, 0.25) is 15.9 Å². The fraction of sp³-hybridized carbons (Fsp3) is 0.435. The van der Waals surface area contributed by atoms with Gasteiger partial charge in [0, 0.05) is 12.2 Å². The predicted molar refractivity (Wildman–Crippen MR) is 118 cm³/mol. The molecule has 33 heavy (non-hydrogen) atoms. The summed E-state index contributed by atoms with van der Waals surface area (Å²) in [5, 5.41) is 13.1. The van der Waals surface area contributed by atoms with Gasteiger partial charge in [0.05, 0.1) is 48.9 Å². The van der Waals surface area contributed by atoms with Crippen molar-refractivity contribution in [3.05, 3.63) is 60.4 Å². The fourth-order valence-electron chi connectivity index (χ4n) is 4.27. The molecule has 4 rings (SSSR count). The Hall–Kier alpha value is -2.37. The normalized spacial score (nSPS) is 26.6. The number of hydrogen-bond donors (Lipinski definition) is 2. The van der Waals surface area contributed by atoms with Crippen LogP contribution in [0, 0.1) is 5.82 Å². The molecular weight excluding hydrogens is 451 g/mol. The number of para-hydroxylation sites is 1. The molecule has 0 spiro atoms. The van der Waals surface area contributed by atoms with Crippen LogP contribution in [0.5, 0.6) is 0 Å². The van der Waals surface area contributed by atoms with E-state index in [9.17, 15) is 22.7 Å². The van der Waals surface area contributed by atoms with Crippen molar-refractivity contribution in [1.82, 2.24) is 4.31 Å². The fourth-order valence-corrected chi connectivity index (χ4v) is 6.02. The van der Waals surface area contributed by atoms with Crippen molar-refractivity contribution in [1.29, 1.82) is 0 Å². The van der Waals surface area contributed by atoms with Crippen molar-refractivity contribution in [2.75, 3.05) is 25.1 Å². The number of β-amino-alcohol motifs (C(OH)–C–C–N with tert-alkyl or cyclic N) is 1. The Morgan fingerprint density at radius 1 is 1.12 bits per heavy atom. The first kappa shape index (κ1) is 23.8. The molecule has 2 saturated heterocycles. The summed E-state index contributed by atoms with van der Waals surface area (Å²) in [5.74, 6) is -0.857. The zero-order valence-electron chi connectivity index (χ0n) is 18.0. The van der Waals surface area contributed by atoms with Crippen LogP contribution in [0.1, 0.15) is 19.3 Å². The first-order valence-corrected chi connectivity index (χ1v) is 12.3. The van der Waals surface area contributed by atoms with Crippen molar-refractivity contribution < 1.29 is 32.2 Å². The molecule has 2 aromatic carbocycles. The maximum Gasteiger partial charge on any atom is 0.243 e. The van der Waals surface area contributed by atoms with E-state index in [4.69, 9.17) is 9.47 Å². The average molecular weight is 479 g/mol. The molecule has 0 aromatic heterocycles. The Morgan fingerprint density at radius 2 is 1.91 bits per heavy atom. The van der Waals surface area contributed by atoms with E-state index in [2.05, 4.69) is 5.32 Å². The summed E-state index contributed by atoms with van der Waals surface area (Å²) in [6.45, 7) is -0.169. The van der Waals surface area contributed by atoms with E-state index in [1.54, 1.807) is 12.1 Å². The summed E-state index contributed by atoms with van der Waals surface area (Å²) in [6.07, 6.45) is -1.06. The van der Waals surface area contributed by atoms with E-state index in [1.165, 1.54) is 22.5 Å². The largest absolute Gasteiger partial charge is 0.389 e. The summed E-state index contributed by atoms with van der Waals surface area (Å²) in [7, 11) is -4.09. The van der Waals surface area contributed by atoms with E-state index >= 15 is 0 Å². The van der Waals surface area contributed by atoms with Crippen LogP contribution in [-0.4, -0.2) is 67.8 Å². The first-order valence-electron chi connectivity index (χ1n) is 10.9. The van der Waals surface area contributed by atoms with Gasteiger partial charge in [-0.05, 0) is 43.2 Å². The molecule has 8 nitrogen and oxygen atoms in total. The number of carbonyl (C=O) groups is 1. The lowest BCUT2D eigenvalue weighted by atomic mass is 9.96. The lowest BCUT2D eigenvalue weighted by Gasteiger charge is -2.43. The van der Waals surface area contributed by atoms with Crippen LogP contribution in [-0.2, 0) is 24.3 Å². The molecule has 4 atom stereocenters. The smallest absolute Gasteiger partial charge is 0.243 e. The molecule has 0 aliphatic carbocycles. The number of rotatable bonds is 5. The molecule has 178 valence electrons. The van der Waals surface area contributed by atoms with Gasteiger partial charge in [0.1, 0.15) is 5.82 Å². The van der Waals surface area contributed by atoms with Crippen molar-refractivity contribution in [3.63, 3.8) is 0 Å². The number of anilines is 1. The lowest BCUT2D eigenvalue weighted by Crippen LogP contribution is -2.57. The highest BCUT2D eigenvalue weighted by molar-refractivity contribution is 7.89. The van der Waals surface area contributed by atoms with Gasteiger partial charge in [-0.2, -0.15) is 4.31 Å². The maximum atomic E-state index is 13.7. The van der Waals surface area contributed by atoms with Gasteiger partial charge in [-0.1, -0.05) is 24.3 Å². The second-order valence-corrected chi connectivity index (χ2v) is 10.2. The van der Waals surface area contributed by atoms with Crippen LogP contribution in [0.3, 0.4) is 0 Å². The summed E-state index contributed by atoms with van der Waals surface area (Å²) >= 11 is 0. The number of halogens is 1. The summed E-state index contributed by atoms with van der Waals surface area (Å²) < 4.78 is 53.3. The minimum Gasteiger partial charge on any atom is -0.389 e. The SMILES string of the molecule is O=C(C[C@H]1CC[C@@H]2[C@H](COC[C@H](O)CN2S(=O)(=O)c2cccc(F)c2)O1)Nc1ccccc1. The molecule has 2 aliphatic heterocycles.